The van der Waals surface area contributed by atoms with Gasteiger partial charge in [0.1, 0.15) is 0 Å². The van der Waals surface area contributed by atoms with Crippen molar-refractivity contribution >= 4 is 6.21 Å². The number of hydrogen-bond donors (Lipinski definition) is 0. The van der Waals surface area contributed by atoms with Crippen LogP contribution in [-0.2, 0) is 0 Å². The molecule has 1 nitrogen and oxygen atoms in total. The first-order chi connectivity index (χ1) is 4.70. The molecule has 0 rings (SSSR count). The molecule has 0 aromatic heterocycles. The van der Waals surface area contributed by atoms with E-state index in [1.807, 2.05) is 13.1 Å². The van der Waals surface area contributed by atoms with Crippen molar-refractivity contribution in [1.29, 1.82) is 0 Å². The van der Waals surface area contributed by atoms with E-state index in [0.29, 0.717) is 6.04 Å². The summed E-state index contributed by atoms with van der Waals surface area (Å²) < 4.78 is 0. The largest absolute Gasteiger partial charge is 0.290 e. The molecule has 0 aliphatic heterocycles. The molecule has 0 bridgehead atoms. The Hall–Kier alpha value is -0.590. The van der Waals surface area contributed by atoms with Crippen LogP contribution in [0.2, 0.25) is 0 Å². The lowest BCUT2D eigenvalue weighted by molar-refractivity contribution is 0.720. The number of hydrogen-bond acceptors (Lipinski definition) is 1. The van der Waals surface area contributed by atoms with Crippen molar-refractivity contribution < 1.29 is 0 Å². The molecule has 0 aromatic carbocycles. The highest BCUT2D eigenvalue weighted by Crippen LogP contribution is 1.95. The van der Waals surface area contributed by atoms with Gasteiger partial charge in [0.15, 0.2) is 0 Å². The molecule has 0 fully saturated rings. The van der Waals surface area contributed by atoms with E-state index in [0.717, 1.165) is 6.42 Å². The van der Waals surface area contributed by atoms with Gasteiger partial charge in [-0.2, -0.15) is 0 Å². The van der Waals surface area contributed by atoms with Gasteiger partial charge in [-0.25, -0.2) is 0 Å². The normalized spacial score (nSPS) is 16.2. The molecule has 0 N–H and O–H groups in total. The summed E-state index contributed by atoms with van der Waals surface area (Å²) in [5.41, 5.74) is 1.24. The lowest BCUT2D eigenvalue weighted by Gasteiger charge is -1.98. The first-order valence-corrected chi connectivity index (χ1v) is 3.86. The van der Waals surface area contributed by atoms with Gasteiger partial charge in [-0.1, -0.05) is 13.0 Å². The van der Waals surface area contributed by atoms with E-state index in [2.05, 4.69) is 31.8 Å². The molecule has 0 amide bonds. The zero-order valence-corrected chi connectivity index (χ0v) is 7.39. The molecule has 1 atom stereocenters. The van der Waals surface area contributed by atoms with Gasteiger partial charge in [0.05, 0.1) is 0 Å². The fourth-order valence-electron chi connectivity index (χ4n) is 0.425. The van der Waals surface area contributed by atoms with Crippen LogP contribution in [0.1, 0.15) is 34.1 Å². The second-order valence-electron chi connectivity index (χ2n) is 2.57. The van der Waals surface area contributed by atoms with Crippen LogP contribution in [0.3, 0.4) is 0 Å². The summed E-state index contributed by atoms with van der Waals surface area (Å²) in [5.74, 6) is 0. The van der Waals surface area contributed by atoms with E-state index in [1.54, 1.807) is 0 Å². The summed E-state index contributed by atoms with van der Waals surface area (Å²) in [7, 11) is 0. The van der Waals surface area contributed by atoms with E-state index >= 15 is 0 Å². The van der Waals surface area contributed by atoms with Gasteiger partial charge in [0, 0.05) is 12.3 Å². The van der Waals surface area contributed by atoms with E-state index in [1.165, 1.54) is 5.57 Å². The Labute approximate surface area is 63.9 Å². The highest BCUT2D eigenvalue weighted by atomic mass is 14.7. The van der Waals surface area contributed by atoms with Crippen LogP contribution in [0.5, 0.6) is 0 Å². The summed E-state index contributed by atoms with van der Waals surface area (Å²) in [5, 5.41) is 0. The van der Waals surface area contributed by atoms with Crippen LogP contribution in [-0.4, -0.2) is 12.3 Å². The van der Waals surface area contributed by atoms with Gasteiger partial charge in [-0.3, -0.25) is 4.99 Å². The van der Waals surface area contributed by atoms with Crippen molar-refractivity contribution in [2.24, 2.45) is 4.99 Å². The summed E-state index contributed by atoms with van der Waals surface area (Å²) in [4.78, 5) is 4.32. The van der Waals surface area contributed by atoms with Gasteiger partial charge in [0.2, 0.25) is 0 Å². The third-order valence-electron chi connectivity index (χ3n) is 1.58. The van der Waals surface area contributed by atoms with Crippen LogP contribution >= 0.6 is 0 Å². The number of allylic oxidation sites excluding steroid dienone is 2. The molecule has 0 saturated heterocycles. The van der Waals surface area contributed by atoms with Gasteiger partial charge in [-0.05, 0) is 32.8 Å². The average Bonchev–Trinajstić information content (AvgIpc) is 1.99. The number of rotatable bonds is 3. The predicted molar refractivity (Wildman–Crippen MR) is 47.7 cm³/mol. The maximum absolute atomic E-state index is 4.32. The monoisotopic (exact) mass is 139 g/mol. The summed E-state index contributed by atoms with van der Waals surface area (Å²) >= 11 is 0. The van der Waals surface area contributed by atoms with Crippen LogP contribution < -0.4 is 0 Å². The van der Waals surface area contributed by atoms with Crippen LogP contribution in [0, 0.1) is 0 Å². The van der Waals surface area contributed by atoms with Crippen molar-refractivity contribution in [1.82, 2.24) is 0 Å². The van der Waals surface area contributed by atoms with Gasteiger partial charge in [0.25, 0.3) is 0 Å². The summed E-state index contributed by atoms with van der Waals surface area (Å²) in [6, 6.07) is 0.467. The molecule has 0 spiro atoms. The third-order valence-corrected chi connectivity index (χ3v) is 1.58. The Balaban J connectivity index is 3.75. The zero-order chi connectivity index (χ0) is 7.98. The Kier molecular flexibility index (Phi) is 4.91. The lowest BCUT2D eigenvalue weighted by atomic mass is 10.2. The van der Waals surface area contributed by atoms with Crippen molar-refractivity contribution in [3.63, 3.8) is 0 Å². The van der Waals surface area contributed by atoms with Crippen molar-refractivity contribution in [2.45, 2.75) is 40.2 Å². The molecule has 0 saturated carbocycles. The van der Waals surface area contributed by atoms with Gasteiger partial charge >= 0.3 is 0 Å². The molecule has 0 heterocycles. The molecule has 0 aliphatic rings. The SMILES string of the molecule is C/C=C(/C)C=N[C@H](C)CC. The fraction of sp³-hybridized carbons (Fsp3) is 0.667. The Morgan fingerprint density at radius 2 is 2.20 bits per heavy atom. The molecule has 0 aromatic rings. The third kappa shape index (κ3) is 4.30. The maximum atomic E-state index is 4.32. The van der Waals surface area contributed by atoms with Gasteiger partial charge in [-0.15, -0.1) is 0 Å². The summed E-state index contributed by atoms with van der Waals surface area (Å²) in [6.45, 7) is 8.36. The molecular weight excluding hydrogens is 122 g/mol. The first kappa shape index (κ1) is 9.41. The molecule has 0 radical (unpaired) electrons. The minimum Gasteiger partial charge on any atom is -0.290 e. The second kappa shape index (κ2) is 5.21. The summed E-state index contributed by atoms with van der Waals surface area (Å²) in [6.07, 6.45) is 5.12. The molecule has 0 aliphatic carbocycles. The van der Waals surface area contributed by atoms with Crippen molar-refractivity contribution in [2.75, 3.05) is 0 Å². The van der Waals surface area contributed by atoms with Crippen LogP contribution in [0.25, 0.3) is 0 Å². The second-order valence-corrected chi connectivity index (χ2v) is 2.57. The van der Waals surface area contributed by atoms with Crippen molar-refractivity contribution in [3.05, 3.63) is 11.6 Å². The fourth-order valence-corrected chi connectivity index (χ4v) is 0.425. The van der Waals surface area contributed by atoms with Crippen LogP contribution in [0.15, 0.2) is 16.6 Å². The highest BCUT2D eigenvalue weighted by Gasteiger charge is 1.89. The van der Waals surface area contributed by atoms with E-state index in [4.69, 9.17) is 0 Å². The average molecular weight is 139 g/mol. The molecule has 58 valence electrons. The molecular formula is C9H17N. The lowest BCUT2D eigenvalue weighted by Crippen LogP contribution is -1.94. The standard InChI is InChI=1S/C9H17N/c1-5-8(3)7-10-9(4)6-2/h5,7,9H,6H2,1-4H3/b8-5-,10-7?/t9-/m1/s1. The highest BCUT2D eigenvalue weighted by molar-refractivity contribution is 5.77. The van der Waals surface area contributed by atoms with Crippen molar-refractivity contribution in [3.8, 4) is 0 Å². The zero-order valence-electron chi connectivity index (χ0n) is 7.39. The Bertz CT molecular complexity index is 134. The van der Waals surface area contributed by atoms with E-state index in [9.17, 15) is 0 Å². The quantitative estimate of drug-likeness (QED) is 0.533. The van der Waals surface area contributed by atoms with E-state index < -0.39 is 0 Å². The predicted octanol–water partition coefficient (Wildman–Crippen LogP) is 2.82. The minimum absolute atomic E-state index is 0.467. The molecule has 10 heavy (non-hydrogen) atoms. The number of aliphatic imine (C=N–C) groups is 1. The minimum atomic E-state index is 0.467. The Morgan fingerprint density at radius 3 is 2.60 bits per heavy atom. The van der Waals surface area contributed by atoms with E-state index in [-0.39, 0.29) is 0 Å². The smallest absolute Gasteiger partial charge is 0.0468 e. The first-order valence-electron chi connectivity index (χ1n) is 3.86. The van der Waals surface area contributed by atoms with Gasteiger partial charge < -0.3 is 0 Å². The topological polar surface area (TPSA) is 12.4 Å². The molecule has 1 heteroatoms. The van der Waals surface area contributed by atoms with Crippen LogP contribution in [0.4, 0.5) is 0 Å². The molecule has 0 unspecified atom stereocenters. The number of nitrogens with zero attached hydrogens (tertiary/aromatic N) is 1. The Morgan fingerprint density at radius 1 is 1.60 bits per heavy atom. The maximum Gasteiger partial charge on any atom is 0.0468 e.